The number of hydrogen-bond acceptors (Lipinski definition) is 5. The number of morpholine rings is 1. The zero-order valence-electron chi connectivity index (χ0n) is 19.6. The van der Waals surface area contributed by atoms with E-state index in [1.165, 1.54) is 23.8 Å². The van der Waals surface area contributed by atoms with E-state index >= 15 is 0 Å². The molecule has 0 saturated carbocycles. The lowest BCUT2D eigenvalue weighted by atomic mass is 9.92. The van der Waals surface area contributed by atoms with Crippen LogP contribution in [0.15, 0.2) is 29.2 Å². The summed E-state index contributed by atoms with van der Waals surface area (Å²) < 4.78 is 32.0. The van der Waals surface area contributed by atoms with Gasteiger partial charge in [0.25, 0.3) is 0 Å². The van der Waals surface area contributed by atoms with Crippen molar-refractivity contribution in [3.05, 3.63) is 29.8 Å². The minimum Gasteiger partial charge on any atom is -0.379 e. The molecule has 2 unspecified atom stereocenters. The Kier molecular flexibility index (Phi) is 9.52. The number of aryl methyl sites for hydroxylation is 1. The number of unbranched alkanes of at least 4 members (excludes halogenated alkanes) is 1. The molecule has 8 heteroatoms. The molecule has 2 fully saturated rings. The lowest BCUT2D eigenvalue weighted by Gasteiger charge is -2.34. The van der Waals surface area contributed by atoms with Gasteiger partial charge in [0.15, 0.2) is 0 Å². The van der Waals surface area contributed by atoms with Crippen molar-refractivity contribution in [3.63, 3.8) is 0 Å². The molecule has 32 heavy (non-hydrogen) atoms. The molecule has 0 radical (unpaired) electrons. The Balaban J connectivity index is 1.32. The number of piperidine rings is 1. The molecule has 1 N–H and O–H groups in total. The molecule has 0 aromatic heterocycles. The third kappa shape index (κ3) is 7.54. The van der Waals surface area contributed by atoms with E-state index in [2.05, 4.69) is 24.1 Å². The van der Waals surface area contributed by atoms with E-state index in [1.807, 2.05) is 0 Å². The normalized spacial score (nSPS) is 23.2. The number of rotatable bonds is 10. The first-order valence-electron chi connectivity index (χ1n) is 12.0. The smallest absolute Gasteiger partial charge is 0.243 e. The number of nitrogens with zero attached hydrogens (tertiary/aromatic N) is 2. The van der Waals surface area contributed by atoms with Crippen molar-refractivity contribution < 1.29 is 17.9 Å². The Hall–Kier alpha value is -1.48. The predicted octanol–water partition coefficient (Wildman–Crippen LogP) is 2.51. The summed E-state index contributed by atoms with van der Waals surface area (Å²) in [5, 5.41) is 3.01. The zero-order chi connectivity index (χ0) is 23.0. The van der Waals surface area contributed by atoms with E-state index in [9.17, 15) is 13.2 Å². The molecule has 0 spiro atoms. The van der Waals surface area contributed by atoms with Gasteiger partial charge in [0.1, 0.15) is 0 Å². The summed E-state index contributed by atoms with van der Waals surface area (Å²) in [5.41, 5.74) is 0.967. The van der Waals surface area contributed by atoms with Crippen molar-refractivity contribution >= 4 is 15.9 Å². The van der Waals surface area contributed by atoms with Crippen molar-refractivity contribution in [1.82, 2.24) is 14.5 Å². The molecule has 1 aromatic carbocycles. The Labute approximate surface area is 193 Å². The summed E-state index contributed by atoms with van der Waals surface area (Å²) in [6.07, 6.45) is 4.46. The standard InChI is InChI=1S/C24H39N3O4S/c1-20-17-21(2)19-26(18-20)12-4-3-11-25-24(28)10-7-22-5-8-23(9-6-22)32(29,30)27-13-15-31-16-14-27/h5-6,8-9,20-21H,3-4,7,10-19H2,1-2H3,(H,25,28). The highest BCUT2D eigenvalue weighted by atomic mass is 32.2. The summed E-state index contributed by atoms with van der Waals surface area (Å²) in [4.78, 5) is 15.0. The molecular weight excluding hydrogens is 426 g/mol. The second-order valence-electron chi connectivity index (χ2n) is 9.42. The number of amides is 1. The van der Waals surface area contributed by atoms with E-state index in [1.54, 1.807) is 24.3 Å². The molecule has 2 aliphatic rings. The lowest BCUT2D eigenvalue weighted by Crippen LogP contribution is -2.40. The van der Waals surface area contributed by atoms with E-state index < -0.39 is 10.0 Å². The quantitative estimate of drug-likeness (QED) is 0.537. The summed E-state index contributed by atoms with van der Waals surface area (Å²) in [6, 6.07) is 6.89. The van der Waals surface area contributed by atoms with Crippen molar-refractivity contribution in [3.8, 4) is 0 Å². The molecule has 0 aliphatic carbocycles. The first-order valence-corrected chi connectivity index (χ1v) is 13.4. The monoisotopic (exact) mass is 465 g/mol. The average Bonchev–Trinajstić information content (AvgIpc) is 2.78. The molecule has 1 aromatic rings. The van der Waals surface area contributed by atoms with Crippen LogP contribution in [0.2, 0.25) is 0 Å². The largest absolute Gasteiger partial charge is 0.379 e. The minimum atomic E-state index is -3.47. The van der Waals surface area contributed by atoms with Crippen LogP contribution < -0.4 is 5.32 Å². The topological polar surface area (TPSA) is 79.0 Å². The van der Waals surface area contributed by atoms with Crippen LogP contribution in [0.3, 0.4) is 0 Å². The summed E-state index contributed by atoms with van der Waals surface area (Å²) in [7, 11) is -3.47. The predicted molar refractivity (Wildman–Crippen MR) is 126 cm³/mol. The number of likely N-dealkylation sites (tertiary alicyclic amines) is 1. The van der Waals surface area contributed by atoms with Gasteiger partial charge in [-0.3, -0.25) is 4.79 Å². The van der Waals surface area contributed by atoms with Crippen LogP contribution >= 0.6 is 0 Å². The zero-order valence-corrected chi connectivity index (χ0v) is 20.4. The Morgan fingerprint density at radius 1 is 1.06 bits per heavy atom. The Morgan fingerprint density at radius 3 is 2.38 bits per heavy atom. The highest BCUT2D eigenvalue weighted by Gasteiger charge is 2.26. The number of nitrogens with one attached hydrogen (secondary N) is 1. The molecule has 2 atom stereocenters. The van der Waals surface area contributed by atoms with Crippen molar-refractivity contribution in [2.75, 3.05) is 52.5 Å². The van der Waals surface area contributed by atoms with Gasteiger partial charge in [0, 0.05) is 39.1 Å². The summed E-state index contributed by atoms with van der Waals surface area (Å²) in [5.74, 6) is 1.62. The summed E-state index contributed by atoms with van der Waals surface area (Å²) in [6.45, 7) is 10.5. The molecule has 2 heterocycles. The number of carbonyl (C=O) groups is 1. The second kappa shape index (κ2) is 12.1. The fourth-order valence-corrected chi connectivity index (χ4v) is 6.18. The molecule has 2 saturated heterocycles. The number of ether oxygens (including phenoxy) is 1. The number of sulfonamides is 1. The number of benzene rings is 1. The van der Waals surface area contributed by atoms with Crippen LogP contribution in [0.1, 0.15) is 45.1 Å². The maximum atomic E-state index is 12.7. The third-order valence-corrected chi connectivity index (χ3v) is 8.25. The summed E-state index contributed by atoms with van der Waals surface area (Å²) >= 11 is 0. The first kappa shape index (κ1) is 25.1. The highest BCUT2D eigenvalue weighted by Crippen LogP contribution is 2.21. The van der Waals surface area contributed by atoms with Gasteiger partial charge in [-0.15, -0.1) is 0 Å². The molecular formula is C24H39N3O4S. The van der Waals surface area contributed by atoms with Crippen LogP contribution in [-0.2, 0) is 26.0 Å². The average molecular weight is 466 g/mol. The lowest BCUT2D eigenvalue weighted by molar-refractivity contribution is -0.121. The van der Waals surface area contributed by atoms with Gasteiger partial charge in [0.2, 0.25) is 15.9 Å². The molecule has 2 aliphatic heterocycles. The van der Waals surface area contributed by atoms with Gasteiger partial charge in [-0.1, -0.05) is 26.0 Å². The van der Waals surface area contributed by atoms with E-state index in [0.29, 0.717) is 50.6 Å². The van der Waals surface area contributed by atoms with Crippen LogP contribution in [0.4, 0.5) is 0 Å². The van der Waals surface area contributed by atoms with Gasteiger partial charge >= 0.3 is 0 Å². The van der Waals surface area contributed by atoms with Gasteiger partial charge in [-0.25, -0.2) is 8.42 Å². The van der Waals surface area contributed by atoms with Crippen molar-refractivity contribution in [2.24, 2.45) is 11.8 Å². The molecule has 7 nitrogen and oxygen atoms in total. The SMILES string of the molecule is CC1CC(C)CN(CCCCNC(=O)CCc2ccc(S(=O)(=O)N3CCOCC3)cc2)C1. The maximum Gasteiger partial charge on any atom is 0.243 e. The maximum absolute atomic E-state index is 12.7. The Morgan fingerprint density at radius 2 is 1.72 bits per heavy atom. The van der Waals surface area contributed by atoms with Crippen molar-refractivity contribution in [1.29, 1.82) is 0 Å². The molecule has 0 bridgehead atoms. The highest BCUT2D eigenvalue weighted by molar-refractivity contribution is 7.89. The van der Waals surface area contributed by atoms with E-state index in [-0.39, 0.29) is 5.91 Å². The number of carbonyl (C=O) groups excluding carboxylic acids is 1. The van der Waals surface area contributed by atoms with Crippen LogP contribution in [0, 0.1) is 11.8 Å². The van der Waals surface area contributed by atoms with Crippen LogP contribution in [0.5, 0.6) is 0 Å². The van der Waals surface area contributed by atoms with Crippen molar-refractivity contribution in [2.45, 2.75) is 50.8 Å². The van der Waals surface area contributed by atoms with Gasteiger partial charge in [0.05, 0.1) is 18.1 Å². The molecule has 3 rings (SSSR count). The first-order chi connectivity index (χ1) is 15.3. The van der Waals surface area contributed by atoms with Gasteiger partial charge in [-0.2, -0.15) is 4.31 Å². The van der Waals surface area contributed by atoms with Crippen LogP contribution in [0.25, 0.3) is 0 Å². The Bertz CT molecular complexity index is 812. The van der Waals surface area contributed by atoms with Gasteiger partial charge < -0.3 is 15.0 Å². The molecule has 1 amide bonds. The fraction of sp³-hybridized carbons (Fsp3) is 0.708. The minimum absolute atomic E-state index is 0.0511. The fourth-order valence-electron chi connectivity index (χ4n) is 4.77. The second-order valence-corrected chi connectivity index (χ2v) is 11.4. The number of hydrogen-bond donors (Lipinski definition) is 1. The van der Waals surface area contributed by atoms with Gasteiger partial charge in [-0.05, 0) is 61.8 Å². The van der Waals surface area contributed by atoms with Crippen LogP contribution in [-0.4, -0.2) is 76.0 Å². The van der Waals surface area contributed by atoms with E-state index in [4.69, 9.17) is 4.74 Å². The third-order valence-electron chi connectivity index (χ3n) is 6.34. The molecule has 180 valence electrons. The van der Waals surface area contributed by atoms with E-state index in [0.717, 1.165) is 36.8 Å².